The summed E-state index contributed by atoms with van der Waals surface area (Å²) in [7, 11) is 1.70. The SMILES string of the molecule is COCC(C)(C)Nc1nc2ccc(N)cc2s1. The Bertz CT molecular complexity index is 521. The molecule has 1 aromatic heterocycles. The first-order chi connectivity index (χ1) is 8.00. The number of ether oxygens (including phenoxy) is 1. The lowest BCUT2D eigenvalue weighted by Crippen LogP contribution is -2.35. The van der Waals surface area contributed by atoms with Crippen LogP contribution in [0.5, 0.6) is 0 Å². The molecule has 4 nitrogen and oxygen atoms in total. The van der Waals surface area contributed by atoms with Gasteiger partial charge in [0.15, 0.2) is 5.13 Å². The third kappa shape index (κ3) is 2.87. The molecule has 0 spiro atoms. The van der Waals surface area contributed by atoms with E-state index in [-0.39, 0.29) is 5.54 Å². The molecule has 0 bridgehead atoms. The third-order valence-corrected chi connectivity index (χ3v) is 3.30. The number of nitrogens with zero attached hydrogens (tertiary/aromatic N) is 1. The predicted molar refractivity (Wildman–Crippen MR) is 73.6 cm³/mol. The van der Waals surface area contributed by atoms with Crippen LogP contribution in [0.25, 0.3) is 10.2 Å². The van der Waals surface area contributed by atoms with E-state index in [9.17, 15) is 0 Å². The van der Waals surface area contributed by atoms with Crippen molar-refractivity contribution in [3.8, 4) is 0 Å². The van der Waals surface area contributed by atoms with E-state index in [1.165, 1.54) is 0 Å². The molecule has 0 aliphatic heterocycles. The van der Waals surface area contributed by atoms with Crippen molar-refractivity contribution in [2.24, 2.45) is 0 Å². The highest BCUT2D eigenvalue weighted by Crippen LogP contribution is 2.29. The van der Waals surface area contributed by atoms with Crippen molar-refractivity contribution in [2.45, 2.75) is 19.4 Å². The number of nitrogens with one attached hydrogen (secondary N) is 1. The molecule has 0 amide bonds. The van der Waals surface area contributed by atoms with E-state index in [1.54, 1.807) is 18.4 Å². The second-order valence-corrected chi connectivity index (χ2v) is 5.72. The van der Waals surface area contributed by atoms with E-state index in [0.717, 1.165) is 21.0 Å². The number of methoxy groups -OCH3 is 1. The standard InChI is InChI=1S/C12H17N3OS/c1-12(2,7-16-3)15-11-14-9-5-4-8(13)6-10(9)17-11/h4-6H,7,13H2,1-3H3,(H,14,15). The van der Waals surface area contributed by atoms with Gasteiger partial charge in [0.05, 0.1) is 22.4 Å². The van der Waals surface area contributed by atoms with Crippen LogP contribution in [0.15, 0.2) is 18.2 Å². The van der Waals surface area contributed by atoms with Gasteiger partial charge in [0, 0.05) is 12.8 Å². The molecular weight excluding hydrogens is 234 g/mol. The maximum atomic E-state index is 5.75. The van der Waals surface area contributed by atoms with Crippen LogP contribution in [0.2, 0.25) is 0 Å². The van der Waals surface area contributed by atoms with Crippen molar-refractivity contribution < 1.29 is 4.74 Å². The van der Waals surface area contributed by atoms with Gasteiger partial charge >= 0.3 is 0 Å². The van der Waals surface area contributed by atoms with E-state index >= 15 is 0 Å². The Morgan fingerprint density at radius 2 is 2.24 bits per heavy atom. The number of nitrogen functional groups attached to an aromatic ring is 1. The summed E-state index contributed by atoms with van der Waals surface area (Å²) in [5, 5.41) is 4.27. The van der Waals surface area contributed by atoms with Gasteiger partial charge in [0.25, 0.3) is 0 Å². The Morgan fingerprint density at radius 3 is 2.94 bits per heavy atom. The van der Waals surface area contributed by atoms with Crippen molar-refractivity contribution in [2.75, 3.05) is 24.8 Å². The third-order valence-electron chi connectivity index (χ3n) is 2.36. The average molecular weight is 251 g/mol. The zero-order valence-corrected chi connectivity index (χ0v) is 11.1. The number of rotatable bonds is 4. The van der Waals surface area contributed by atoms with Crippen molar-refractivity contribution in [1.29, 1.82) is 0 Å². The van der Waals surface area contributed by atoms with Gasteiger partial charge in [0.1, 0.15) is 0 Å². The number of anilines is 2. The summed E-state index contributed by atoms with van der Waals surface area (Å²) in [6.45, 7) is 4.79. The van der Waals surface area contributed by atoms with Gasteiger partial charge in [-0.25, -0.2) is 4.98 Å². The molecule has 0 unspecified atom stereocenters. The zero-order valence-electron chi connectivity index (χ0n) is 10.3. The molecule has 1 aromatic carbocycles. The fraction of sp³-hybridized carbons (Fsp3) is 0.417. The maximum Gasteiger partial charge on any atom is 0.184 e. The first-order valence-electron chi connectivity index (χ1n) is 5.43. The average Bonchev–Trinajstić information content (AvgIpc) is 2.57. The van der Waals surface area contributed by atoms with Gasteiger partial charge in [-0.15, -0.1) is 0 Å². The van der Waals surface area contributed by atoms with E-state index in [1.807, 2.05) is 18.2 Å². The van der Waals surface area contributed by atoms with Crippen LogP contribution in [-0.4, -0.2) is 24.2 Å². The quantitative estimate of drug-likeness (QED) is 0.820. The number of nitrogens with two attached hydrogens (primary N) is 1. The minimum absolute atomic E-state index is 0.131. The topological polar surface area (TPSA) is 60.2 Å². The number of thiazole rings is 1. The van der Waals surface area contributed by atoms with Crippen molar-refractivity contribution in [3.63, 3.8) is 0 Å². The zero-order chi connectivity index (χ0) is 12.5. The van der Waals surface area contributed by atoms with E-state index < -0.39 is 0 Å². The van der Waals surface area contributed by atoms with Crippen molar-refractivity contribution in [3.05, 3.63) is 18.2 Å². The van der Waals surface area contributed by atoms with E-state index in [0.29, 0.717) is 6.61 Å². The van der Waals surface area contributed by atoms with Crippen molar-refractivity contribution in [1.82, 2.24) is 4.98 Å². The Morgan fingerprint density at radius 1 is 1.47 bits per heavy atom. The molecule has 0 saturated heterocycles. The van der Waals surface area contributed by atoms with Gasteiger partial charge in [0.2, 0.25) is 0 Å². The van der Waals surface area contributed by atoms with Crippen LogP contribution >= 0.6 is 11.3 Å². The molecule has 0 aliphatic rings. The van der Waals surface area contributed by atoms with Crippen LogP contribution in [0.1, 0.15) is 13.8 Å². The molecule has 1 heterocycles. The number of hydrogen-bond acceptors (Lipinski definition) is 5. The molecule has 0 fully saturated rings. The van der Waals surface area contributed by atoms with Crippen LogP contribution in [0, 0.1) is 0 Å². The molecule has 0 aliphatic carbocycles. The van der Waals surface area contributed by atoms with Crippen LogP contribution in [0.3, 0.4) is 0 Å². The van der Waals surface area contributed by atoms with Gasteiger partial charge in [-0.3, -0.25) is 0 Å². The lowest BCUT2D eigenvalue weighted by molar-refractivity contribution is 0.158. The molecule has 5 heteroatoms. The lowest BCUT2D eigenvalue weighted by Gasteiger charge is -2.24. The Kier molecular flexibility index (Phi) is 3.22. The molecule has 17 heavy (non-hydrogen) atoms. The van der Waals surface area contributed by atoms with Gasteiger partial charge in [-0.1, -0.05) is 11.3 Å². The normalized spacial score (nSPS) is 11.9. The number of aromatic nitrogens is 1. The monoisotopic (exact) mass is 251 g/mol. The van der Waals surface area contributed by atoms with E-state index in [2.05, 4.69) is 24.1 Å². The molecule has 0 saturated carbocycles. The molecule has 92 valence electrons. The highest BCUT2D eigenvalue weighted by Gasteiger charge is 2.18. The van der Waals surface area contributed by atoms with Gasteiger partial charge in [-0.2, -0.15) is 0 Å². The highest BCUT2D eigenvalue weighted by molar-refractivity contribution is 7.22. The fourth-order valence-electron chi connectivity index (χ4n) is 1.68. The molecule has 2 aromatic rings. The first kappa shape index (κ1) is 12.1. The summed E-state index contributed by atoms with van der Waals surface area (Å²) in [5.41, 5.74) is 7.36. The molecule has 3 N–H and O–H groups in total. The summed E-state index contributed by atoms with van der Waals surface area (Å²) in [6, 6.07) is 5.75. The summed E-state index contributed by atoms with van der Waals surface area (Å²) < 4.78 is 6.26. The summed E-state index contributed by atoms with van der Waals surface area (Å²) in [5.74, 6) is 0. The largest absolute Gasteiger partial charge is 0.399 e. The summed E-state index contributed by atoms with van der Waals surface area (Å²) in [6.07, 6.45) is 0. The minimum Gasteiger partial charge on any atom is -0.399 e. The summed E-state index contributed by atoms with van der Waals surface area (Å²) >= 11 is 1.61. The minimum atomic E-state index is -0.131. The Balaban J connectivity index is 2.25. The predicted octanol–water partition coefficient (Wildman–Crippen LogP) is 2.72. The highest BCUT2D eigenvalue weighted by atomic mass is 32.1. The van der Waals surface area contributed by atoms with Gasteiger partial charge < -0.3 is 15.8 Å². The Labute approximate surface area is 105 Å². The van der Waals surface area contributed by atoms with Gasteiger partial charge in [-0.05, 0) is 32.0 Å². The first-order valence-corrected chi connectivity index (χ1v) is 6.25. The van der Waals surface area contributed by atoms with Crippen LogP contribution in [-0.2, 0) is 4.74 Å². The fourth-order valence-corrected chi connectivity index (χ4v) is 2.77. The second-order valence-electron chi connectivity index (χ2n) is 4.69. The number of benzene rings is 1. The second kappa shape index (κ2) is 4.50. The summed E-state index contributed by atoms with van der Waals surface area (Å²) in [4.78, 5) is 4.52. The molecule has 0 radical (unpaired) electrons. The number of fused-ring (bicyclic) bond motifs is 1. The number of hydrogen-bond donors (Lipinski definition) is 2. The van der Waals surface area contributed by atoms with Crippen molar-refractivity contribution >= 4 is 32.4 Å². The Hall–Kier alpha value is -1.33. The molecule has 0 atom stereocenters. The maximum absolute atomic E-state index is 5.75. The molecular formula is C12H17N3OS. The van der Waals surface area contributed by atoms with Crippen LogP contribution in [0.4, 0.5) is 10.8 Å². The van der Waals surface area contributed by atoms with Crippen LogP contribution < -0.4 is 11.1 Å². The lowest BCUT2D eigenvalue weighted by atomic mass is 10.1. The molecule has 2 rings (SSSR count). The smallest absolute Gasteiger partial charge is 0.184 e. The van der Waals surface area contributed by atoms with E-state index in [4.69, 9.17) is 10.5 Å².